The van der Waals surface area contributed by atoms with Crippen molar-refractivity contribution >= 4 is 21.8 Å². The fourth-order valence-corrected chi connectivity index (χ4v) is 2.84. The lowest BCUT2D eigenvalue weighted by Crippen LogP contribution is -2.19. The van der Waals surface area contributed by atoms with E-state index in [9.17, 15) is 0 Å². The van der Waals surface area contributed by atoms with Gasteiger partial charge in [-0.1, -0.05) is 0 Å². The Hall–Kier alpha value is -3.32. The zero-order valence-corrected chi connectivity index (χ0v) is 15.9. The molecule has 7 nitrogen and oxygen atoms in total. The summed E-state index contributed by atoms with van der Waals surface area (Å²) in [6, 6.07) is 11.6. The van der Waals surface area contributed by atoms with Gasteiger partial charge in [0.15, 0.2) is 11.5 Å². The number of aromatic nitrogens is 3. The maximum absolute atomic E-state index is 5.92. The van der Waals surface area contributed by atoms with Gasteiger partial charge in [0.1, 0.15) is 18.7 Å². The third kappa shape index (κ3) is 4.15. The smallest absolute Gasteiger partial charge is 0.231 e. The molecule has 0 aliphatic rings. The summed E-state index contributed by atoms with van der Waals surface area (Å²) in [6.07, 6.45) is 5.17. The van der Waals surface area contributed by atoms with Crippen LogP contribution in [0.15, 0.2) is 55.1 Å². The maximum Gasteiger partial charge on any atom is 0.231 e. The largest absolute Gasteiger partial charge is 0.488 e. The van der Waals surface area contributed by atoms with Gasteiger partial charge >= 0.3 is 0 Å². The second kappa shape index (κ2) is 8.14. The molecule has 4 aromatic rings. The molecule has 0 atom stereocenters. The van der Waals surface area contributed by atoms with E-state index in [1.165, 1.54) is 6.33 Å². The van der Waals surface area contributed by atoms with E-state index in [1.807, 2.05) is 56.7 Å². The Balaban J connectivity index is 1.48. The average molecular weight is 378 g/mol. The Labute approximate surface area is 162 Å². The van der Waals surface area contributed by atoms with Crippen LogP contribution in [0.25, 0.3) is 21.8 Å². The summed E-state index contributed by atoms with van der Waals surface area (Å²) < 4.78 is 17.6. The predicted octanol–water partition coefficient (Wildman–Crippen LogP) is 3.47. The first-order chi connectivity index (χ1) is 13.7. The monoisotopic (exact) mass is 378 g/mol. The van der Waals surface area contributed by atoms with Gasteiger partial charge in [0.05, 0.1) is 5.52 Å². The van der Waals surface area contributed by atoms with Crippen LogP contribution in [0.2, 0.25) is 0 Å². The Kier molecular flexibility index (Phi) is 5.25. The second-order valence-electron chi connectivity index (χ2n) is 6.67. The van der Waals surface area contributed by atoms with E-state index >= 15 is 0 Å². The summed E-state index contributed by atoms with van der Waals surface area (Å²) in [5.74, 6) is 1.98. The number of nitrogens with zero attached hydrogens (tertiary/aromatic N) is 3. The molecule has 0 bridgehead atoms. The highest BCUT2D eigenvalue weighted by Gasteiger charge is 2.10. The summed E-state index contributed by atoms with van der Waals surface area (Å²) in [7, 11) is 4.01. The fraction of sp³-hybridized carbons (Fsp3) is 0.238. The van der Waals surface area contributed by atoms with Crippen LogP contribution in [0.3, 0.4) is 0 Å². The first-order valence-electron chi connectivity index (χ1n) is 9.03. The molecule has 7 heteroatoms. The van der Waals surface area contributed by atoms with E-state index in [0.29, 0.717) is 18.1 Å². The minimum atomic E-state index is 0.0686. The molecule has 0 amide bonds. The molecule has 0 saturated heterocycles. The lowest BCUT2D eigenvalue weighted by Gasteiger charge is -2.16. The number of H-pyrrole nitrogens is 1. The molecule has 0 unspecified atom stereocenters. The topological polar surface area (TPSA) is 72.5 Å². The first-order valence-corrected chi connectivity index (χ1v) is 9.03. The van der Waals surface area contributed by atoms with Crippen molar-refractivity contribution in [2.24, 2.45) is 0 Å². The molecular weight excluding hydrogens is 356 g/mol. The van der Waals surface area contributed by atoms with Gasteiger partial charge in [-0.25, -0.2) is 9.97 Å². The van der Waals surface area contributed by atoms with E-state index in [2.05, 4.69) is 19.9 Å². The number of likely N-dealkylation sites (N-methyl/N-ethyl adjacent to an activating group) is 1. The van der Waals surface area contributed by atoms with Crippen molar-refractivity contribution in [3.8, 4) is 17.2 Å². The van der Waals surface area contributed by atoms with Crippen LogP contribution in [0.1, 0.15) is 0 Å². The number of hydrogen-bond donors (Lipinski definition) is 1. The third-order valence-corrected chi connectivity index (χ3v) is 4.33. The number of hydrogen-bond acceptors (Lipinski definition) is 6. The van der Waals surface area contributed by atoms with Crippen molar-refractivity contribution in [1.29, 1.82) is 0 Å². The van der Waals surface area contributed by atoms with E-state index in [4.69, 9.17) is 14.2 Å². The van der Waals surface area contributed by atoms with Crippen LogP contribution in [0.4, 0.5) is 0 Å². The van der Waals surface area contributed by atoms with Crippen molar-refractivity contribution in [3.05, 3.63) is 55.1 Å². The molecule has 0 spiro atoms. The van der Waals surface area contributed by atoms with Crippen LogP contribution in [-0.4, -0.2) is 53.9 Å². The molecule has 144 valence electrons. The van der Waals surface area contributed by atoms with Crippen molar-refractivity contribution in [2.75, 3.05) is 34.0 Å². The first kappa shape index (κ1) is 18.1. The lowest BCUT2D eigenvalue weighted by molar-refractivity contribution is 0.114. The Morgan fingerprint density at radius 1 is 0.964 bits per heavy atom. The van der Waals surface area contributed by atoms with Crippen molar-refractivity contribution in [2.45, 2.75) is 0 Å². The standard InChI is InChI=1S/C21H22N4O3/c1-25(2)7-8-26-21-11-19-16(12-22-13-24-19)10-20(21)28-14-27-17-3-4-18-15(9-17)5-6-23-18/h3-6,9-13,23H,7-8,14H2,1-2H3. The second-order valence-corrected chi connectivity index (χ2v) is 6.67. The van der Waals surface area contributed by atoms with Crippen LogP contribution >= 0.6 is 0 Å². The molecule has 1 N–H and O–H groups in total. The van der Waals surface area contributed by atoms with Gasteiger partial charge in [-0.15, -0.1) is 0 Å². The van der Waals surface area contributed by atoms with Gasteiger partial charge in [0.2, 0.25) is 6.79 Å². The number of nitrogens with one attached hydrogen (secondary N) is 1. The molecule has 28 heavy (non-hydrogen) atoms. The number of benzene rings is 2. The summed E-state index contributed by atoms with van der Waals surface area (Å²) in [5, 5.41) is 1.97. The highest BCUT2D eigenvalue weighted by molar-refractivity contribution is 5.82. The van der Waals surface area contributed by atoms with Gasteiger partial charge in [0.25, 0.3) is 0 Å². The minimum absolute atomic E-state index is 0.0686. The molecule has 4 rings (SSSR count). The van der Waals surface area contributed by atoms with Gasteiger partial charge in [0, 0.05) is 41.3 Å². The molecular formula is C21H22N4O3. The Morgan fingerprint density at radius 2 is 1.86 bits per heavy atom. The number of ether oxygens (including phenoxy) is 3. The SMILES string of the molecule is CN(C)CCOc1cc2ncncc2cc1OCOc1ccc2[nH]ccc2c1. The van der Waals surface area contributed by atoms with E-state index in [1.54, 1.807) is 6.20 Å². The number of aromatic amines is 1. The zero-order chi connectivity index (χ0) is 19.3. The normalized spacial score (nSPS) is 11.2. The third-order valence-electron chi connectivity index (χ3n) is 4.33. The molecule has 2 aromatic heterocycles. The summed E-state index contributed by atoms with van der Waals surface area (Å²) >= 11 is 0. The average Bonchev–Trinajstić information content (AvgIpc) is 3.16. The van der Waals surface area contributed by atoms with Crippen LogP contribution in [0, 0.1) is 0 Å². The quantitative estimate of drug-likeness (QED) is 0.474. The summed E-state index contributed by atoms with van der Waals surface area (Å²) in [4.78, 5) is 13.6. The molecule has 0 radical (unpaired) electrons. The van der Waals surface area contributed by atoms with E-state index in [-0.39, 0.29) is 6.79 Å². The fourth-order valence-electron chi connectivity index (χ4n) is 2.84. The molecule has 0 aliphatic carbocycles. The Bertz CT molecular complexity index is 1080. The number of fused-ring (bicyclic) bond motifs is 2. The minimum Gasteiger partial charge on any atom is -0.488 e. The lowest BCUT2D eigenvalue weighted by atomic mass is 10.2. The van der Waals surface area contributed by atoms with Crippen LogP contribution in [-0.2, 0) is 0 Å². The molecule has 2 aromatic carbocycles. The predicted molar refractivity (Wildman–Crippen MR) is 108 cm³/mol. The molecule has 0 saturated carbocycles. The van der Waals surface area contributed by atoms with Gasteiger partial charge in [-0.2, -0.15) is 0 Å². The highest BCUT2D eigenvalue weighted by atomic mass is 16.7. The van der Waals surface area contributed by atoms with E-state index in [0.717, 1.165) is 34.1 Å². The van der Waals surface area contributed by atoms with Gasteiger partial charge in [-0.3, -0.25) is 0 Å². The van der Waals surface area contributed by atoms with Crippen molar-refractivity contribution < 1.29 is 14.2 Å². The number of rotatable bonds is 8. The summed E-state index contributed by atoms with van der Waals surface area (Å²) in [6.45, 7) is 1.42. The highest BCUT2D eigenvalue weighted by Crippen LogP contribution is 2.32. The van der Waals surface area contributed by atoms with Crippen molar-refractivity contribution in [1.82, 2.24) is 19.9 Å². The Morgan fingerprint density at radius 3 is 2.75 bits per heavy atom. The van der Waals surface area contributed by atoms with E-state index < -0.39 is 0 Å². The molecule has 0 fully saturated rings. The van der Waals surface area contributed by atoms with Gasteiger partial charge in [-0.05, 0) is 44.4 Å². The van der Waals surface area contributed by atoms with Gasteiger partial charge < -0.3 is 24.1 Å². The maximum atomic E-state index is 5.92. The van der Waals surface area contributed by atoms with Crippen LogP contribution < -0.4 is 14.2 Å². The molecule has 2 heterocycles. The van der Waals surface area contributed by atoms with Crippen molar-refractivity contribution in [3.63, 3.8) is 0 Å². The van der Waals surface area contributed by atoms with Crippen LogP contribution in [0.5, 0.6) is 17.2 Å². The zero-order valence-electron chi connectivity index (χ0n) is 15.9. The summed E-state index contributed by atoms with van der Waals surface area (Å²) in [5.41, 5.74) is 1.88. The molecule has 0 aliphatic heterocycles.